The molecule has 3 unspecified atom stereocenters. The third-order valence-electron chi connectivity index (χ3n) is 10.1. The number of rotatable bonds is 9. The Morgan fingerprint density at radius 3 is 2.38 bits per heavy atom. The second-order valence-electron chi connectivity index (χ2n) is 12.8. The van der Waals surface area contributed by atoms with E-state index in [1.807, 2.05) is 30.3 Å². The number of ether oxygens (including phenoxy) is 1. The van der Waals surface area contributed by atoms with Crippen LogP contribution >= 0.6 is 0 Å². The van der Waals surface area contributed by atoms with E-state index in [1.54, 1.807) is 26.2 Å². The number of sulfone groups is 1. The molecule has 2 aliphatic heterocycles. The lowest BCUT2D eigenvalue weighted by Crippen LogP contribution is -2.54. The quantitative estimate of drug-likeness (QED) is 0.370. The number of anilines is 1. The normalized spacial score (nSPS) is 22.7. The van der Waals surface area contributed by atoms with Crippen LogP contribution in [0.5, 0.6) is 0 Å². The molecule has 1 N–H and O–H groups in total. The minimum Gasteiger partial charge on any atom is -0.446 e. The molecule has 1 saturated carbocycles. The summed E-state index contributed by atoms with van der Waals surface area (Å²) >= 11 is 0. The topological polar surface area (TPSA) is 121 Å². The van der Waals surface area contributed by atoms with Crippen LogP contribution in [-0.2, 0) is 27.0 Å². The van der Waals surface area contributed by atoms with Crippen LogP contribution in [0.3, 0.4) is 0 Å². The lowest BCUT2D eigenvalue weighted by molar-refractivity contribution is 0.0307. The standard InChI is InChI=1S/C34H42N6O4S/c1-36-33(41)44-32-10-6-9-31(32)34(24-35,26-7-4-3-5-8-26)27-15-17-39(18-16-27)20-25-21-40(22-25)28-11-13-29(14-12-28)45(42,43)30-19-37-38(2)23-30/h3-5,7-8,11-14,19,23,25,27,31-32H,6,9-10,15-18,20-22H2,1-2H3,(H,36,41). The lowest BCUT2D eigenvalue weighted by atomic mass is 9.59. The highest BCUT2D eigenvalue weighted by atomic mass is 32.2. The van der Waals surface area contributed by atoms with Gasteiger partial charge in [0.2, 0.25) is 9.84 Å². The molecule has 45 heavy (non-hydrogen) atoms. The summed E-state index contributed by atoms with van der Waals surface area (Å²) in [7, 11) is -0.307. The predicted molar refractivity (Wildman–Crippen MR) is 170 cm³/mol. The molecule has 2 saturated heterocycles. The van der Waals surface area contributed by atoms with Crippen LogP contribution in [0.15, 0.2) is 76.8 Å². The lowest BCUT2D eigenvalue weighted by Gasteiger charge is -2.47. The fraction of sp³-hybridized carbons (Fsp3) is 0.500. The zero-order chi connectivity index (χ0) is 31.6. The van der Waals surface area contributed by atoms with E-state index in [4.69, 9.17) is 4.74 Å². The maximum absolute atomic E-state index is 12.9. The smallest absolute Gasteiger partial charge is 0.407 e. The van der Waals surface area contributed by atoms with E-state index in [1.165, 1.54) is 17.1 Å². The molecule has 0 bridgehead atoms. The number of alkyl carbamates (subject to hydrolysis) is 1. The average molecular weight is 631 g/mol. The Hall–Kier alpha value is -3.88. The second kappa shape index (κ2) is 12.9. The van der Waals surface area contributed by atoms with E-state index in [2.05, 4.69) is 38.4 Å². The number of hydrogen-bond acceptors (Lipinski definition) is 8. The van der Waals surface area contributed by atoms with Crippen molar-refractivity contribution in [2.75, 3.05) is 44.7 Å². The minimum atomic E-state index is -3.58. The van der Waals surface area contributed by atoms with E-state index < -0.39 is 21.3 Å². The number of piperidine rings is 1. The Bertz CT molecular complexity index is 1620. The summed E-state index contributed by atoms with van der Waals surface area (Å²) in [5, 5.41) is 17.5. The molecule has 3 atom stereocenters. The Balaban J connectivity index is 1.07. The zero-order valence-corrected chi connectivity index (χ0v) is 26.8. The molecule has 1 aliphatic carbocycles. The van der Waals surface area contributed by atoms with E-state index in [0.29, 0.717) is 5.92 Å². The fourth-order valence-corrected chi connectivity index (χ4v) is 9.08. The van der Waals surface area contributed by atoms with Gasteiger partial charge in [0, 0.05) is 57.4 Å². The number of carbonyl (C=O) groups is 1. The summed E-state index contributed by atoms with van der Waals surface area (Å²) in [5.41, 5.74) is 1.37. The second-order valence-corrected chi connectivity index (χ2v) is 14.7. The third kappa shape index (κ3) is 6.06. The van der Waals surface area contributed by atoms with Crippen molar-refractivity contribution < 1.29 is 17.9 Å². The highest BCUT2D eigenvalue weighted by molar-refractivity contribution is 7.91. The van der Waals surface area contributed by atoms with Crippen molar-refractivity contribution in [1.82, 2.24) is 20.0 Å². The first-order valence-electron chi connectivity index (χ1n) is 15.9. The number of hydrogen-bond donors (Lipinski definition) is 1. The van der Waals surface area contributed by atoms with Gasteiger partial charge in [-0.1, -0.05) is 30.3 Å². The van der Waals surface area contributed by atoms with Gasteiger partial charge in [0.05, 0.1) is 22.6 Å². The van der Waals surface area contributed by atoms with E-state index in [9.17, 15) is 18.5 Å². The molecule has 0 spiro atoms. The van der Waals surface area contributed by atoms with Gasteiger partial charge in [0.15, 0.2) is 0 Å². The number of benzene rings is 2. The van der Waals surface area contributed by atoms with Gasteiger partial charge in [0.25, 0.3) is 0 Å². The van der Waals surface area contributed by atoms with Crippen molar-refractivity contribution in [1.29, 1.82) is 5.26 Å². The molecule has 1 amide bonds. The largest absolute Gasteiger partial charge is 0.446 e. The van der Waals surface area contributed by atoms with Crippen molar-refractivity contribution in [2.24, 2.45) is 24.8 Å². The summed E-state index contributed by atoms with van der Waals surface area (Å²) in [6.07, 6.45) is 6.65. The Kier molecular flexibility index (Phi) is 8.89. The number of aromatic nitrogens is 2. The van der Waals surface area contributed by atoms with E-state index in [0.717, 1.165) is 76.1 Å². The SMILES string of the molecule is CNC(=O)OC1CCCC1C(C#N)(c1ccccc1)C1CCN(CC2CN(c3ccc(S(=O)(=O)c4cnn(C)c4)cc3)C2)CC1. The van der Waals surface area contributed by atoms with Crippen LogP contribution in [-0.4, -0.2) is 75.1 Å². The van der Waals surface area contributed by atoms with Gasteiger partial charge in [-0.3, -0.25) is 4.68 Å². The highest BCUT2D eigenvalue weighted by Gasteiger charge is 2.53. The summed E-state index contributed by atoms with van der Waals surface area (Å²) in [4.78, 5) is 17.5. The van der Waals surface area contributed by atoms with Crippen molar-refractivity contribution in [3.05, 3.63) is 72.6 Å². The number of amides is 1. The Labute approximate surface area is 265 Å². The van der Waals surface area contributed by atoms with E-state index >= 15 is 0 Å². The molecule has 10 nitrogen and oxygen atoms in total. The van der Waals surface area contributed by atoms with Crippen molar-refractivity contribution >= 4 is 21.6 Å². The zero-order valence-electron chi connectivity index (χ0n) is 26.0. The van der Waals surface area contributed by atoms with Crippen LogP contribution in [0.1, 0.15) is 37.7 Å². The molecular weight excluding hydrogens is 588 g/mol. The van der Waals surface area contributed by atoms with Gasteiger partial charge < -0.3 is 19.9 Å². The molecular formula is C34H42N6O4S. The molecule has 3 fully saturated rings. The maximum atomic E-state index is 12.9. The Morgan fingerprint density at radius 2 is 1.76 bits per heavy atom. The number of likely N-dealkylation sites (tertiary alicyclic amines) is 1. The molecule has 3 aliphatic rings. The van der Waals surface area contributed by atoms with Gasteiger partial charge in [-0.25, -0.2) is 13.2 Å². The van der Waals surface area contributed by atoms with E-state index in [-0.39, 0.29) is 27.7 Å². The molecule has 238 valence electrons. The molecule has 2 aromatic carbocycles. The first-order valence-corrected chi connectivity index (χ1v) is 17.4. The summed E-state index contributed by atoms with van der Waals surface area (Å²) in [6, 6.07) is 20.1. The monoisotopic (exact) mass is 630 g/mol. The highest BCUT2D eigenvalue weighted by Crippen LogP contribution is 2.51. The van der Waals surface area contributed by atoms with Crippen LogP contribution < -0.4 is 10.2 Å². The van der Waals surface area contributed by atoms with Crippen LogP contribution in [0.2, 0.25) is 0 Å². The first kappa shape index (κ1) is 31.1. The van der Waals surface area contributed by atoms with Gasteiger partial charge in [-0.15, -0.1) is 0 Å². The summed E-state index contributed by atoms with van der Waals surface area (Å²) < 4.78 is 33.1. The van der Waals surface area contributed by atoms with Crippen molar-refractivity contribution in [2.45, 2.75) is 53.4 Å². The molecule has 6 rings (SSSR count). The number of nitrogens with zero attached hydrogens (tertiary/aromatic N) is 5. The first-order chi connectivity index (χ1) is 21.7. The van der Waals surface area contributed by atoms with Crippen molar-refractivity contribution in [3.8, 4) is 6.07 Å². The van der Waals surface area contributed by atoms with Gasteiger partial charge in [0.1, 0.15) is 11.0 Å². The van der Waals surface area contributed by atoms with Crippen molar-refractivity contribution in [3.63, 3.8) is 0 Å². The molecule has 0 radical (unpaired) electrons. The van der Waals surface area contributed by atoms with Crippen LogP contribution in [0.25, 0.3) is 0 Å². The number of aryl methyl sites for hydroxylation is 1. The summed E-state index contributed by atoms with van der Waals surface area (Å²) in [6.45, 7) is 4.74. The van der Waals surface area contributed by atoms with Gasteiger partial charge in [-0.2, -0.15) is 10.4 Å². The molecule has 11 heteroatoms. The minimum absolute atomic E-state index is 0.0373. The van der Waals surface area contributed by atoms with Gasteiger partial charge >= 0.3 is 6.09 Å². The third-order valence-corrected chi connectivity index (χ3v) is 11.9. The fourth-order valence-electron chi connectivity index (χ4n) is 7.83. The van der Waals surface area contributed by atoms with Crippen LogP contribution in [0.4, 0.5) is 10.5 Å². The number of carbonyl (C=O) groups excluding carboxylic acids is 1. The molecule has 1 aromatic heterocycles. The average Bonchev–Trinajstić information content (AvgIpc) is 3.70. The predicted octanol–water partition coefficient (Wildman–Crippen LogP) is 4.39. The Morgan fingerprint density at radius 1 is 1.04 bits per heavy atom. The maximum Gasteiger partial charge on any atom is 0.407 e. The number of nitrogens with one attached hydrogen (secondary N) is 1. The molecule has 3 aromatic rings. The summed E-state index contributed by atoms with van der Waals surface area (Å²) in [5.74, 6) is 0.680. The van der Waals surface area contributed by atoms with Crippen LogP contribution in [0, 0.1) is 29.1 Å². The molecule has 3 heterocycles. The van der Waals surface area contributed by atoms with Gasteiger partial charge in [-0.05, 0) is 80.9 Å². The number of nitriles is 1.